The molecule has 2 saturated heterocycles. The highest BCUT2D eigenvalue weighted by atomic mass is 35.5. The number of hydrogen-bond acceptors (Lipinski definition) is 5. The van der Waals surface area contributed by atoms with Crippen LogP contribution in [-0.4, -0.2) is 41.7 Å². The molecule has 2 fully saturated rings. The Kier molecular flexibility index (Phi) is 5.41. The zero-order valence-electron chi connectivity index (χ0n) is 21.5. The van der Waals surface area contributed by atoms with Gasteiger partial charge in [-0.15, -0.1) is 0 Å². The molecule has 0 unspecified atom stereocenters. The van der Waals surface area contributed by atoms with Crippen molar-refractivity contribution in [2.45, 2.75) is 43.2 Å². The SMILES string of the molecule is CCCOc1ccc(C(=O)[C@@H]2[C@H]3CCCN3[C@]3(C(=O)Nc4c(Cl)cccc43)[C@@]23C(=O)Nc2ccccc23)cc1. The van der Waals surface area contributed by atoms with Crippen LogP contribution >= 0.6 is 11.6 Å². The van der Waals surface area contributed by atoms with E-state index >= 15 is 0 Å². The molecule has 3 aromatic carbocycles. The molecule has 2 amide bonds. The van der Waals surface area contributed by atoms with Crippen LogP contribution in [0.1, 0.15) is 47.7 Å². The van der Waals surface area contributed by atoms with Gasteiger partial charge in [0.15, 0.2) is 5.78 Å². The zero-order chi connectivity index (χ0) is 26.9. The van der Waals surface area contributed by atoms with E-state index in [2.05, 4.69) is 15.5 Å². The summed E-state index contributed by atoms with van der Waals surface area (Å²) in [6.45, 7) is 3.22. The van der Waals surface area contributed by atoms with Crippen LogP contribution in [-0.2, 0) is 20.5 Å². The second-order valence-corrected chi connectivity index (χ2v) is 11.2. The van der Waals surface area contributed by atoms with Gasteiger partial charge in [-0.2, -0.15) is 0 Å². The number of nitrogens with one attached hydrogen (secondary N) is 2. The Bertz CT molecular complexity index is 1540. The molecule has 4 heterocycles. The summed E-state index contributed by atoms with van der Waals surface area (Å²) in [5.41, 5.74) is 0.0584. The molecule has 4 atom stereocenters. The maximum atomic E-state index is 14.7. The Balaban J connectivity index is 1.49. The van der Waals surface area contributed by atoms with Gasteiger partial charge in [0.25, 0.3) is 5.91 Å². The third-order valence-corrected chi connectivity index (χ3v) is 9.29. The van der Waals surface area contributed by atoms with Crippen molar-refractivity contribution in [1.82, 2.24) is 4.90 Å². The highest BCUT2D eigenvalue weighted by Gasteiger charge is 2.81. The lowest BCUT2D eigenvalue weighted by Crippen LogP contribution is -2.62. The van der Waals surface area contributed by atoms with Crippen molar-refractivity contribution in [2.75, 3.05) is 23.8 Å². The van der Waals surface area contributed by atoms with Crippen molar-refractivity contribution < 1.29 is 19.1 Å². The summed E-state index contributed by atoms with van der Waals surface area (Å²) in [7, 11) is 0. The van der Waals surface area contributed by atoms with E-state index in [4.69, 9.17) is 16.3 Å². The Hall–Kier alpha value is -3.68. The number of anilines is 2. The molecule has 0 radical (unpaired) electrons. The molecule has 39 heavy (non-hydrogen) atoms. The molecule has 0 saturated carbocycles. The molecule has 2 N–H and O–H groups in total. The molecule has 3 aromatic rings. The third-order valence-electron chi connectivity index (χ3n) is 8.97. The predicted octanol–water partition coefficient (Wildman–Crippen LogP) is 5.14. The van der Waals surface area contributed by atoms with Gasteiger partial charge in [0.1, 0.15) is 16.7 Å². The van der Waals surface area contributed by atoms with Gasteiger partial charge >= 0.3 is 0 Å². The van der Waals surface area contributed by atoms with Crippen molar-refractivity contribution in [1.29, 1.82) is 0 Å². The van der Waals surface area contributed by atoms with E-state index in [1.165, 1.54) is 0 Å². The summed E-state index contributed by atoms with van der Waals surface area (Å²) in [4.78, 5) is 45.7. The van der Waals surface area contributed by atoms with Crippen LogP contribution in [0.4, 0.5) is 11.4 Å². The highest BCUT2D eigenvalue weighted by Crippen LogP contribution is 2.68. The number of Topliss-reactive ketones (excluding diaryl/α,β-unsaturated/α-hetero) is 1. The maximum absolute atomic E-state index is 14.7. The van der Waals surface area contributed by atoms with E-state index in [9.17, 15) is 14.4 Å². The number of carbonyl (C=O) groups is 3. The summed E-state index contributed by atoms with van der Waals surface area (Å²) >= 11 is 6.60. The van der Waals surface area contributed by atoms with E-state index in [0.717, 1.165) is 12.8 Å². The number of benzene rings is 3. The molecular weight excluding hydrogens is 514 g/mol. The number of halogens is 1. The number of para-hydroxylation sites is 2. The second kappa shape index (κ2) is 8.66. The van der Waals surface area contributed by atoms with E-state index in [1.54, 1.807) is 30.3 Å². The minimum Gasteiger partial charge on any atom is -0.494 e. The lowest BCUT2D eigenvalue weighted by Gasteiger charge is -2.43. The first-order chi connectivity index (χ1) is 19.0. The van der Waals surface area contributed by atoms with Gasteiger partial charge in [0.05, 0.1) is 23.2 Å². The molecule has 7 rings (SSSR count). The monoisotopic (exact) mass is 541 g/mol. The van der Waals surface area contributed by atoms with Gasteiger partial charge in [-0.05, 0) is 67.8 Å². The van der Waals surface area contributed by atoms with Crippen LogP contribution in [0.3, 0.4) is 0 Å². The first kappa shape index (κ1) is 24.4. The molecule has 8 heteroatoms. The summed E-state index contributed by atoms with van der Waals surface area (Å²) in [5, 5.41) is 6.48. The molecule has 4 aliphatic heterocycles. The van der Waals surface area contributed by atoms with Crippen molar-refractivity contribution in [2.24, 2.45) is 5.92 Å². The molecule has 2 spiro atoms. The van der Waals surface area contributed by atoms with Crippen LogP contribution in [0.25, 0.3) is 0 Å². The van der Waals surface area contributed by atoms with Gasteiger partial charge in [0, 0.05) is 22.9 Å². The van der Waals surface area contributed by atoms with Gasteiger partial charge in [-0.25, -0.2) is 0 Å². The minimum absolute atomic E-state index is 0.152. The lowest BCUT2D eigenvalue weighted by atomic mass is 9.57. The van der Waals surface area contributed by atoms with Crippen molar-refractivity contribution in [3.8, 4) is 5.75 Å². The Labute approximate surface area is 231 Å². The molecule has 0 aromatic heterocycles. The standard InChI is InChI=1S/C31H28ClN3O4/c1-2-17-39-19-14-12-18(13-15-19)27(36)25-24-11-6-16-35(24)31(21-8-5-9-22(32)26(21)34-29(31)38)30(25)20-7-3-4-10-23(20)33-28(30)37/h3-5,7-10,12-15,24-25H,2,6,11,16-17H2,1H3,(H,33,37)(H,34,38)/t24-,25+,30-,31-/m1/s1. The van der Waals surface area contributed by atoms with Crippen molar-refractivity contribution in [3.05, 3.63) is 88.4 Å². The van der Waals surface area contributed by atoms with Gasteiger partial charge in [-0.1, -0.05) is 48.9 Å². The van der Waals surface area contributed by atoms with Crippen molar-refractivity contribution >= 4 is 40.6 Å². The van der Waals surface area contributed by atoms with E-state index in [1.807, 2.05) is 43.3 Å². The fourth-order valence-corrected chi connectivity index (χ4v) is 7.91. The van der Waals surface area contributed by atoms with Crippen LogP contribution < -0.4 is 15.4 Å². The van der Waals surface area contributed by atoms with Gasteiger partial charge in [-0.3, -0.25) is 19.3 Å². The van der Waals surface area contributed by atoms with Crippen LogP contribution in [0.2, 0.25) is 5.02 Å². The minimum atomic E-state index is -1.48. The lowest BCUT2D eigenvalue weighted by molar-refractivity contribution is -0.137. The van der Waals surface area contributed by atoms with Gasteiger partial charge < -0.3 is 15.4 Å². The first-order valence-corrected chi connectivity index (χ1v) is 13.9. The number of carbonyl (C=O) groups excluding carboxylic acids is 3. The fraction of sp³-hybridized carbons (Fsp3) is 0.323. The number of hydrogen-bond donors (Lipinski definition) is 2. The van der Waals surface area contributed by atoms with Crippen LogP contribution in [0.5, 0.6) is 5.75 Å². The Morgan fingerprint density at radius 3 is 2.56 bits per heavy atom. The van der Waals surface area contributed by atoms with E-state index in [0.29, 0.717) is 58.4 Å². The highest BCUT2D eigenvalue weighted by molar-refractivity contribution is 6.35. The number of ketones is 1. The third kappa shape index (κ3) is 2.95. The number of nitrogens with zero attached hydrogens (tertiary/aromatic N) is 1. The fourth-order valence-electron chi connectivity index (χ4n) is 7.68. The normalized spacial score (nSPS) is 28.4. The topological polar surface area (TPSA) is 87.7 Å². The second-order valence-electron chi connectivity index (χ2n) is 10.8. The largest absolute Gasteiger partial charge is 0.494 e. The average molecular weight is 542 g/mol. The molecule has 0 bridgehead atoms. The molecule has 7 nitrogen and oxygen atoms in total. The molecular formula is C31H28ClN3O4. The predicted molar refractivity (Wildman–Crippen MR) is 148 cm³/mol. The number of fused-ring (bicyclic) bond motifs is 7. The Morgan fingerprint density at radius 1 is 1.00 bits per heavy atom. The number of rotatable bonds is 5. The van der Waals surface area contributed by atoms with E-state index in [-0.39, 0.29) is 23.6 Å². The Morgan fingerprint density at radius 2 is 1.77 bits per heavy atom. The van der Waals surface area contributed by atoms with Crippen molar-refractivity contribution in [3.63, 3.8) is 0 Å². The molecule has 0 aliphatic carbocycles. The summed E-state index contributed by atoms with van der Waals surface area (Å²) < 4.78 is 5.73. The number of amides is 2. The zero-order valence-corrected chi connectivity index (χ0v) is 22.3. The van der Waals surface area contributed by atoms with Crippen LogP contribution in [0.15, 0.2) is 66.7 Å². The quantitative estimate of drug-likeness (QED) is 0.437. The number of ether oxygens (including phenoxy) is 1. The van der Waals surface area contributed by atoms with Gasteiger partial charge in [0.2, 0.25) is 5.91 Å². The smallest absolute Gasteiger partial charge is 0.251 e. The average Bonchev–Trinajstić information content (AvgIpc) is 3.67. The maximum Gasteiger partial charge on any atom is 0.251 e. The summed E-state index contributed by atoms with van der Waals surface area (Å²) in [5.74, 6) is -0.899. The van der Waals surface area contributed by atoms with Crippen LogP contribution in [0, 0.1) is 5.92 Å². The summed E-state index contributed by atoms with van der Waals surface area (Å²) in [6, 6.07) is 19.7. The molecule has 198 valence electrons. The summed E-state index contributed by atoms with van der Waals surface area (Å²) in [6.07, 6.45) is 2.41. The first-order valence-electron chi connectivity index (χ1n) is 13.5. The molecule has 4 aliphatic rings. The van der Waals surface area contributed by atoms with E-state index < -0.39 is 16.9 Å².